The van der Waals surface area contributed by atoms with Crippen molar-refractivity contribution in [3.05, 3.63) is 29.8 Å². The summed E-state index contributed by atoms with van der Waals surface area (Å²) < 4.78 is 5.38. The van der Waals surface area contributed by atoms with E-state index in [0.29, 0.717) is 6.04 Å². The Morgan fingerprint density at radius 1 is 1.39 bits per heavy atom. The van der Waals surface area contributed by atoms with E-state index in [2.05, 4.69) is 17.9 Å². The second kappa shape index (κ2) is 6.44. The third-order valence-electron chi connectivity index (χ3n) is 3.81. The lowest BCUT2D eigenvalue weighted by Crippen LogP contribution is -2.39. The fraction of sp³-hybridized carbons (Fsp3) is 0.600. The summed E-state index contributed by atoms with van der Waals surface area (Å²) >= 11 is 6.57. The molecule has 1 fully saturated rings. The predicted octanol–water partition coefficient (Wildman–Crippen LogP) is 3.85. The van der Waals surface area contributed by atoms with Crippen LogP contribution in [-0.2, 0) is 0 Å². The molecule has 1 aliphatic rings. The van der Waals surface area contributed by atoms with Crippen LogP contribution in [0.1, 0.15) is 37.1 Å². The van der Waals surface area contributed by atoms with Crippen LogP contribution < -0.4 is 4.74 Å². The maximum absolute atomic E-state index is 6.57. The average Bonchev–Trinajstić information content (AvgIpc) is 2.41. The number of rotatable bonds is 4. The first-order valence-corrected chi connectivity index (χ1v) is 7.17. The summed E-state index contributed by atoms with van der Waals surface area (Å²) in [6, 6.07) is 8.69. The zero-order chi connectivity index (χ0) is 13.0. The Kier molecular flexibility index (Phi) is 4.90. The molecule has 18 heavy (non-hydrogen) atoms. The van der Waals surface area contributed by atoms with E-state index >= 15 is 0 Å². The molecule has 0 aromatic heterocycles. The lowest BCUT2D eigenvalue weighted by molar-refractivity contribution is 0.160. The van der Waals surface area contributed by atoms with Crippen LogP contribution >= 0.6 is 11.6 Å². The fourth-order valence-electron chi connectivity index (χ4n) is 2.66. The van der Waals surface area contributed by atoms with E-state index in [1.54, 1.807) is 7.11 Å². The molecule has 0 N–H and O–H groups in total. The van der Waals surface area contributed by atoms with Gasteiger partial charge in [0.25, 0.3) is 0 Å². The normalized spacial score (nSPS) is 22.7. The molecule has 2 unspecified atom stereocenters. The minimum absolute atomic E-state index is 0.00157. The molecule has 0 amide bonds. The number of para-hydroxylation sites is 1. The monoisotopic (exact) mass is 267 g/mol. The molecule has 2 atom stereocenters. The van der Waals surface area contributed by atoms with Crippen LogP contribution in [0.3, 0.4) is 0 Å². The summed E-state index contributed by atoms with van der Waals surface area (Å²) in [5.41, 5.74) is 1.10. The quantitative estimate of drug-likeness (QED) is 0.769. The van der Waals surface area contributed by atoms with Gasteiger partial charge in [0.05, 0.1) is 12.5 Å². The van der Waals surface area contributed by atoms with Gasteiger partial charge in [-0.05, 0) is 32.4 Å². The van der Waals surface area contributed by atoms with Crippen molar-refractivity contribution in [3.8, 4) is 5.75 Å². The van der Waals surface area contributed by atoms with Crippen molar-refractivity contribution >= 4 is 11.6 Å². The Morgan fingerprint density at radius 2 is 2.17 bits per heavy atom. The summed E-state index contributed by atoms with van der Waals surface area (Å²) in [5.74, 6) is 0.891. The number of benzene rings is 1. The summed E-state index contributed by atoms with van der Waals surface area (Å²) in [6.45, 7) is 4.37. The van der Waals surface area contributed by atoms with Crippen molar-refractivity contribution in [1.82, 2.24) is 4.90 Å². The molecule has 0 bridgehead atoms. The topological polar surface area (TPSA) is 12.5 Å². The second-order valence-electron chi connectivity index (χ2n) is 5.05. The van der Waals surface area contributed by atoms with Gasteiger partial charge in [-0.2, -0.15) is 0 Å². The van der Waals surface area contributed by atoms with Crippen LogP contribution in [0.5, 0.6) is 5.75 Å². The number of halogens is 1. The third kappa shape index (κ3) is 3.18. The number of methoxy groups -OCH3 is 1. The van der Waals surface area contributed by atoms with Crippen LogP contribution in [-0.4, -0.2) is 31.1 Å². The molecule has 0 aliphatic carbocycles. The molecule has 0 spiro atoms. The zero-order valence-corrected chi connectivity index (χ0v) is 12.0. The zero-order valence-electron chi connectivity index (χ0n) is 11.2. The molecule has 1 aliphatic heterocycles. The molecule has 1 aromatic rings. The molecular formula is C15H22ClNO. The van der Waals surface area contributed by atoms with Gasteiger partial charge in [-0.15, -0.1) is 11.6 Å². The number of piperidine rings is 1. The van der Waals surface area contributed by atoms with Crippen molar-refractivity contribution in [3.63, 3.8) is 0 Å². The van der Waals surface area contributed by atoms with Gasteiger partial charge in [-0.1, -0.05) is 24.6 Å². The molecule has 3 heteroatoms. The van der Waals surface area contributed by atoms with Crippen molar-refractivity contribution in [2.24, 2.45) is 0 Å². The van der Waals surface area contributed by atoms with Gasteiger partial charge in [0, 0.05) is 18.2 Å². The molecule has 2 rings (SSSR count). The SMILES string of the molecule is COc1ccccc1C(Cl)CN1CCCCC1C. The van der Waals surface area contributed by atoms with E-state index in [0.717, 1.165) is 17.9 Å². The van der Waals surface area contributed by atoms with Crippen LogP contribution in [0.25, 0.3) is 0 Å². The molecule has 100 valence electrons. The van der Waals surface area contributed by atoms with E-state index < -0.39 is 0 Å². The van der Waals surface area contributed by atoms with Gasteiger partial charge in [-0.25, -0.2) is 0 Å². The molecule has 1 aromatic carbocycles. The number of nitrogens with zero attached hydrogens (tertiary/aromatic N) is 1. The Labute approximate surface area is 115 Å². The van der Waals surface area contributed by atoms with Crippen molar-refractivity contribution in [2.45, 2.75) is 37.6 Å². The lowest BCUT2D eigenvalue weighted by Gasteiger charge is -2.34. The van der Waals surface area contributed by atoms with E-state index in [4.69, 9.17) is 16.3 Å². The van der Waals surface area contributed by atoms with Gasteiger partial charge < -0.3 is 4.74 Å². The van der Waals surface area contributed by atoms with Crippen molar-refractivity contribution in [2.75, 3.05) is 20.2 Å². The number of hydrogen-bond donors (Lipinski definition) is 0. The smallest absolute Gasteiger partial charge is 0.123 e. The molecule has 2 nitrogen and oxygen atoms in total. The van der Waals surface area contributed by atoms with E-state index in [9.17, 15) is 0 Å². The Morgan fingerprint density at radius 3 is 2.89 bits per heavy atom. The van der Waals surface area contributed by atoms with E-state index in [1.807, 2.05) is 18.2 Å². The van der Waals surface area contributed by atoms with Gasteiger partial charge in [0.1, 0.15) is 5.75 Å². The minimum Gasteiger partial charge on any atom is -0.496 e. The van der Waals surface area contributed by atoms with E-state index in [-0.39, 0.29) is 5.38 Å². The van der Waals surface area contributed by atoms with Gasteiger partial charge in [0.2, 0.25) is 0 Å². The molecule has 1 saturated heterocycles. The summed E-state index contributed by atoms with van der Waals surface area (Å²) in [6.07, 6.45) is 3.93. The van der Waals surface area contributed by atoms with Crippen molar-refractivity contribution in [1.29, 1.82) is 0 Å². The number of likely N-dealkylation sites (tertiary alicyclic amines) is 1. The lowest BCUT2D eigenvalue weighted by atomic mass is 10.0. The highest BCUT2D eigenvalue weighted by Gasteiger charge is 2.22. The largest absolute Gasteiger partial charge is 0.496 e. The van der Waals surface area contributed by atoms with Gasteiger partial charge in [-0.3, -0.25) is 4.90 Å². The molecule has 0 saturated carbocycles. The van der Waals surface area contributed by atoms with Crippen LogP contribution in [0.15, 0.2) is 24.3 Å². The Hall–Kier alpha value is -0.730. The Bertz CT molecular complexity index is 383. The standard InChI is InChI=1S/C15H22ClNO/c1-12-7-5-6-10-17(12)11-14(16)13-8-3-4-9-15(13)18-2/h3-4,8-9,12,14H,5-7,10-11H2,1-2H3. The predicted molar refractivity (Wildman–Crippen MR) is 76.5 cm³/mol. The van der Waals surface area contributed by atoms with E-state index in [1.165, 1.54) is 25.8 Å². The van der Waals surface area contributed by atoms with Crippen LogP contribution in [0.2, 0.25) is 0 Å². The minimum atomic E-state index is 0.00157. The number of ether oxygens (including phenoxy) is 1. The maximum atomic E-state index is 6.57. The summed E-state index contributed by atoms with van der Waals surface area (Å²) in [7, 11) is 1.70. The first kappa shape index (κ1) is 13.7. The average molecular weight is 268 g/mol. The van der Waals surface area contributed by atoms with Crippen molar-refractivity contribution < 1.29 is 4.74 Å². The summed E-state index contributed by atoms with van der Waals surface area (Å²) in [5, 5.41) is 0.00157. The molecule has 0 radical (unpaired) electrons. The summed E-state index contributed by atoms with van der Waals surface area (Å²) in [4.78, 5) is 2.49. The first-order chi connectivity index (χ1) is 8.72. The van der Waals surface area contributed by atoms with Gasteiger partial charge >= 0.3 is 0 Å². The molecular weight excluding hydrogens is 246 g/mol. The van der Waals surface area contributed by atoms with Crippen LogP contribution in [0.4, 0.5) is 0 Å². The molecule has 1 heterocycles. The van der Waals surface area contributed by atoms with Crippen LogP contribution in [0, 0.1) is 0 Å². The maximum Gasteiger partial charge on any atom is 0.123 e. The van der Waals surface area contributed by atoms with Gasteiger partial charge in [0.15, 0.2) is 0 Å². The first-order valence-electron chi connectivity index (χ1n) is 6.73. The highest BCUT2D eigenvalue weighted by Crippen LogP contribution is 2.31. The Balaban J connectivity index is 2.04. The highest BCUT2D eigenvalue weighted by atomic mass is 35.5. The third-order valence-corrected chi connectivity index (χ3v) is 4.18. The number of hydrogen-bond acceptors (Lipinski definition) is 2. The fourth-order valence-corrected chi connectivity index (χ4v) is 3.02. The number of alkyl halides is 1. The second-order valence-corrected chi connectivity index (χ2v) is 5.58. The highest BCUT2D eigenvalue weighted by molar-refractivity contribution is 6.21.